The topological polar surface area (TPSA) is 46.8 Å². The number of hydrogen-bond donors (Lipinski definition) is 0. The monoisotopic (exact) mass is 271 g/mol. The number of aromatic nitrogens is 4. The van der Waals surface area contributed by atoms with Gasteiger partial charge in [-0.1, -0.05) is 25.3 Å². The zero-order chi connectivity index (χ0) is 13.9. The Morgan fingerprint density at radius 2 is 1.95 bits per heavy atom. The van der Waals surface area contributed by atoms with Gasteiger partial charge in [-0.05, 0) is 25.0 Å². The molecule has 106 valence electrons. The Hall–Kier alpha value is -1.91. The second kappa shape index (κ2) is 5.61. The quantitative estimate of drug-likeness (QED) is 0.861. The van der Waals surface area contributed by atoms with Gasteiger partial charge in [0.05, 0.1) is 0 Å². The van der Waals surface area contributed by atoms with E-state index in [1.54, 1.807) is 6.20 Å². The van der Waals surface area contributed by atoms with Crippen LogP contribution >= 0.6 is 0 Å². The minimum Gasteiger partial charge on any atom is -0.300 e. The standard InChI is InChI=1S/C15H21N5/c1-19(13-10-6-7-11-16-13)15-18-17-14(20(15)2)12-8-4-3-5-9-12/h6-7,10-12H,3-5,8-9H2,1-2H3. The van der Waals surface area contributed by atoms with Crippen molar-refractivity contribution in [2.45, 2.75) is 38.0 Å². The summed E-state index contributed by atoms with van der Waals surface area (Å²) in [4.78, 5) is 6.35. The summed E-state index contributed by atoms with van der Waals surface area (Å²) in [6, 6.07) is 5.88. The smallest absolute Gasteiger partial charge is 0.232 e. The first-order chi connectivity index (χ1) is 9.77. The molecule has 0 saturated heterocycles. The summed E-state index contributed by atoms with van der Waals surface area (Å²) in [6.07, 6.45) is 8.24. The third kappa shape index (κ3) is 2.40. The van der Waals surface area contributed by atoms with Gasteiger partial charge in [-0.15, -0.1) is 10.2 Å². The molecule has 5 nitrogen and oxygen atoms in total. The first-order valence-corrected chi connectivity index (χ1v) is 7.31. The maximum absolute atomic E-state index is 4.43. The lowest BCUT2D eigenvalue weighted by Gasteiger charge is -2.22. The summed E-state index contributed by atoms with van der Waals surface area (Å²) in [5.41, 5.74) is 0. The average molecular weight is 271 g/mol. The van der Waals surface area contributed by atoms with E-state index in [1.165, 1.54) is 32.1 Å². The number of hydrogen-bond acceptors (Lipinski definition) is 4. The van der Waals surface area contributed by atoms with Crippen molar-refractivity contribution in [2.75, 3.05) is 11.9 Å². The van der Waals surface area contributed by atoms with Crippen LogP contribution in [0.25, 0.3) is 0 Å². The fraction of sp³-hybridized carbons (Fsp3) is 0.533. The predicted molar refractivity (Wildman–Crippen MR) is 79.1 cm³/mol. The van der Waals surface area contributed by atoms with Crippen LogP contribution in [0.2, 0.25) is 0 Å². The van der Waals surface area contributed by atoms with Crippen LogP contribution in [0.1, 0.15) is 43.8 Å². The molecule has 0 aliphatic heterocycles. The Bertz CT molecular complexity index is 557. The van der Waals surface area contributed by atoms with Gasteiger partial charge in [-0.25, -0.2) is 4.98 Å². The molecule has 0 unspecified atom stereocenters. The van der Waals surface area contributed by atoms with Crippen LogP contribution in [0, 0.1) is 0 Å². The normalized spacial score (nSPS) is 16.3. The zero-order valence-corrected chi connectivity index (χ0v) is 12.2. The van der Waals surface area contributed by atoms with E-state index in [9.17, 15) is 0 Å². The highest BCUT2D eigenvalue weighted by Crippen LogP contribution is 2.33. The molecular formula is C15H21N5. The molecule has 2 aromatic rings. The highest BCUT2D eigenvalue weighted by atomic mass is 15.4. The van der Waals surface area contributed by atoms with Gasteiger partial charge in [0, 0.05) is 26.2 Å². The van der Waals surface area contributed by atoms with Gasteiger partial charge in [-0.2, -0.15) is 0 Å². The number of pyridine rings is 1. The van der Waals surface area contributed by atoms with Crippen LogP contribution < -0.4 is 4.90 Å². The molecule has 1 fully saturated rings. The molecule has 3 rings (SSSR count). The summed E-state index contributed by atoms with van der Waals surface area (Å²) in [5, 5.41) is 8.80. The van der Waals surface area contributed by atoms with E-state index in [-0.39, 0.29) is 0 Å². The van der Waals surface area contributed by atoms with Crippen LogP contribution in [0.5, 0.6) is 0 Å². The zero-order valence-electron chi connectivity index (χ0n) is 12.2. The van der Waals surface area contributed by atoms with E-state index >= 15 is 0 Å². The molecule has 0 amide bonds. The van der Waals surface area contributed by atoms with Crippen molar-refractivity contribution >= 4 is 11.8 Å². The van der Waals surface area contributed by atoms with E-state index in [1.807, 2.05) is 30.1 Å². The lowest BCUT2D eigenvalue weighted by Crippen LogP contribution is -2.17. The summed E-state index contributed by atoms with van der Waals surface area (Å²) < 4.78 is 2.12. The van der Waals surface area contributed by atoms with Crippen LogP contribution in [-0.2, 0) is 7.05 Å². The fourth-order valence-electron chi connectivity index (χ4n) is 3.00. The van der Waals surface area contributed by atoms with E-state index in [4.69, 9.17) is 0 Å². The van der Waals surface area contributed by atoms with E-state index in [0.29, 0.717) is 5.92 Å². The van der Waals surface area contributed by atoms with Gasteiger partial charge in [0.15, 0.2) is 0 Å². The minimum absolute atomic E-state index is 0.562. The molecule has 0 atom stereocenters. The van der Waals surface area contributed by atoms with Gasteiger partial charge in [0.2, 0.25) is 5.95 Å². The summed E-state index contributed by atoms with van der Waals surface area (Å²) in [5.74, 6) is 3.41. The molecule has 2 aromatic heterocycles. The second-order valence-electron chi connectivity index (χ2n) is 5.50. The number of rotatable bonds is 3. The Labute approximate surface area is 119 Å². The Morgan fingerprint density at radius 3 is 2.65 bits per heavy atom. The second-order valence-corrected chi connectivity index (χ2v) is 5.50. The van der Waals surface area contributed by atoms with Gasteiger partial charge < -0.3 is 0 Å². The molecule has 0 N–H and O–H groups in total. The Morgan fingerprint density at radius 1 is 1.15 bits per heavy atom. The van der Waals surface area contributed by atoms with Gasteiger partial charge in [0.1, 0.15) is 11.6 Å². The lowest BCUT2D eigenvalue weighted by atomic mass is 9.89. The minimum atomic E-state index is 0.562. The number of nitrogens with zero attached hydrogens (tertiary/aromatic N) is 5. The molecule has 1 aliphatic rings. The molecule has 1 aliphatic carbocycles. The summed E-state index contributed by atoms with van der Waals surface area (Å²) in [7, 11) is 4.04. The SMILES string of the molecule is CN(c1ccccn1)c1nnc(C2CCCCC2)n1C. The molecule has 20 heavy (non-hydrogen) atoms. The van der Waals surface area contributed by atoms with Gasteiger partial charge in [0.25, 0.3) is 0 Å². The largest absolute Gasteiger partial charge is 0.300 e. The molecule has 2 heterocycles. The molecular weight excluding hydrogens is 250 g/mol. The van der Waals surface area contributed by atoms with Crippen molar-refractivity contribution in [3.63, 3.8) is 0 Å². The van der Waals surface area contributed by atoms with E-state index in [2.05, 4.69) is 26.8 Å². The Kier molecular flexibility index (Phi) is 3.67. The van der Waals surface area contributed by atoms with Crippen LogP contribution in [0.3, 0.4) is 0 Å². The van der Waals surface area contributed by atoms with Crippen LogP contribution in [0.15, 0.2) is 24.4 Å². The van der Waals surface area contributed by atoms with Gasteiger partial charge in [-0.3, -0.25) is 9.47 Å². The first kappa shape index (κ1) is 13.1. The molecule has 0 aromatic carbocycles. The van der Waals surface area contributed by atoms with Crippen molar-refractivity contribution in [3.05, 3.63) is 30.2 Å². The van der Waals surface area contributed by atoms with Crippen molar-refractivity contribution in [1.82, 2.24) is 19.7 Å². The van der Waals surface area contributed by atoms with Crippen molar-refractivity contribution in [2.24, 2.45) is 7.05 Å². The maximum atomic E-state index is 4.43. The molecule has 1 saturated carbocycles. The predicted octanol–water partition coefficient (Wildman–Crippen LogP) is 3.03. The van der Waals surface area contributed by atoms with Crippen LogP contribution in [-0.4, -0.2) is 26.8 Å². The molecule has 0 spiro atoms. The fourth-order valence-corrected chi connectivity index (χ4v) is 3.00. The molecule has 0 radical (unpaired) electrons. The first-order valence-electron chi connectivity index (χ1n) is 7.31. The van der Waals surface area contributed by atoms with Crippen molar-refractivity contribution in [1.29, 1.82) is 0 Å². The van der Waals surface area contributed by atoms with Gasteiger partial charge >= 0.3 is 0 Å². The highest BCUT2D eigenvalue weighted by molar-refractivity contribution is 5.51. The van der Waals surface area contributed by atoms with Crippen molar-refractivity contribution in [3.8, 4) is 0 Å². The third-order valence-corrected chi connectivity index (χ3v) is 4.15. The molecule has 0 bridgehead atoms. The van der Waals surface area contributed by atoms with E-state index in [0.717, 1.165) is 17.6 Å². The summed E-state index contributed by atoms with van der Waals surface area (Å²) in [6.45, 7) is 0. The summed E-state index contributed by atoms with van der Waals surface area (Å²) >= 11 is 0. The lowest BCUT2D eigenvalue weighted by molar-refractivity contribution is 0.420. The highest BCUT2D eigenvalue weighted by Gasteiger charge is 2.23. The number of anilines is 2. The average Bonchev–Trinajstić information content (AvgIpc) is 2.90. The Balaban J connectivity index is 1.86. The maximum Gasteiger partial charge on any atom is 0.232 e. The van der Waals surface area contributed by atoms with E-state index < -0.39 is 0 Å². The third-order valence-electron chi connectivity index (χ3n) is 4.15. The van der Waals surface area contributed by atoms with Crippen molar-refractivity contribution < 1.29 is 0 Å². The molecule has 5 heteroatoms. The van der Waals surface area contributed by atoms with Crippen LogP contribution in [0.4, 0.5) is 11.8 Å².